The summed E-state index contributed by atoms with van der Waals surface area (Å²) in [6.45, 7) is 0.224. The van der Waals surface area contributed by atoms with Crippen LogP contribution in [0, 0.1) is 0 Å². The zero-order valence-corrected chi connectivity index (χ0v) is 20.8. The van der Waals surface area contributed by atoms with Gasteiger partial charge in [0.25, 0.3) is 0 Å². The largest absolute Gasteiger partial charge is 0.447 e. The fourth-order valence-electron chi connectivity index (χ4n) is 4.79. The molecule has 4 aromatic rings. The molecular weight excluding hydrogens is 465 g/mol. The molecule has 1 aliphatic rings. The summed E-state index contributed by atoms with van der Waals surface area (Å²) in [7, 11) is -0.914. The van der Waals surface area contributed by atoms with Gasteiger partial charge in [-0.1, -0.05) is 121 Å². The van der Waals surface area contributed by atoms with Gasteiger partial charge < -0.3 is 4.74 Å². The van der Waals surface area contributed by atoms with E-state index in [-0.39, 0.29) is 30.6 Å². The monoisotopic (exact) mass is 493 g/mol. The van der Waals surface area contributed by atoms with Crippen LogP contribution in [0.15, 0.2) is 121 Å². The second-order valence-electron chi connectivity index (χ2n) is 8.86. The highest BCUT2D eigenvalue weighted by Gasteiger charge is 2.40. The number of benzene rings is 4. The Morgan fingerprint density at radius 3 is 1.83 bits per heavy atom. The maximum Gasteiger partial charge on any atom is 0.416 e. The normalized spacial score (nSPS) is 16.1. The standard InChI is InChI=1S/C31H28NO3P/c33-30(32-26(23-35-31(32)34)21-24-13-5-1-6-14-24)22-29(25-15-7-2-8-16-25)36(27-17-9-3-10-18-27)28-19-11-4-12-20-28/h1-20,26,29H,21-23H2/t26-,29+/m0/s1. The molecule has 0 bridgehead atoms. The van der Waals surface area contributed by atoms with Gasteiger partial charge in [-0.3, -0.25) is 4.79 Å². The summed E-state index contributed by atoms with van der Waals surface area (Å²) >= 11 is 0. The Hall–Kier alpha value is -3.75. The van der Waals surface area contributed by atoms with Gasteiger partial charge in [-0.05, 0) is 36.1 Å². The molecule has 0 unspecified atom stereocenters. The first-order chi connectivity index (χ1) is 17.7. The first-order valence-corrected chi connectivity index (χ1v) is 13.6. The number of imide groups is 1. The van der Waals surface area contributed by atoms with Crippen LogP contribution in [-0.2, 0) is 16.0 Å². The average molecular weight is 494 g/mol. The minimum Gasteiger partial charge on any atom is -0.447 e. The van der Waals surface area contributed by atoms with Gasteiger partial charge in [0.2, 0.25) is 5.91 Å². The van der Waals surface area contributed by atoms with Crippen molar-refractivity contribution in [3.05, 3.63) is 132 Å². The predicted octanol–water partition coefficient (Wildman–Crippen LogP) is 5.84. The van der Waals surface area contributed by atoms with Crippen molar-refractivity contribution in [2.45, 2.75) is 24.5 Å². The number of ether oxygens (including phenoxy) is 1. The smallest absolute Gasteiger partial charge is 0.416 e. The number of rotatable bonds is 8. The van der Waals surface area contributed by atoms with Crippen LogP contribution in [0.1, 0.15) is 23.2 Å². The second kappa shape index (κ2) is 11.3. The van der Waals surface area contributed by atoms with Crippen LogP contribution in [-0.4, -0.2) is 29.5 Å². The Kier molecular flexibility index (Phi) is 7.54. The third kappa shape index (κ3) is 5.40. The lowest BCUT2D eigenvalue weighted by Gasteiger charge is -2.30. The van der Waals surface area contributed by atoms with Gasteiger partial charge in [0.05, 0.1) is 6.04 Å². The number of nitrogens with zero attached hydrogens (tertiary/aromatic N) is 1. The molecule has 4 nitrogen and oxygen atoms in total. The topological polar surface area (TPSA) is 46.6 Å². The van der Waals surface area contributed by atoms with E-state index in [0.717, 1.165) is 11.1 Å². The Morgan fingerprint density at radius 2 is 1.28 bits per heavy atom. The summed E-state index contributed by atoms with van der Waals surface area (Å²) < 4.78 is 5.36. The highest BCUT2D eigenvalue weighted by Crippen LogP contribution is 2.51. The molecule has 0 N–H and O–H groups in total. The minimum absolute atomic E-state index is 0.0933. The molecule has 180 valence electrons. The Balaban J connectivity index is 1.50. The summed E-state index contributed by atoms with van der Waals surface area (Å²) in [5, 5.41) is 2.40. The van der Waals surface area contributed by atoms with Gasteiger partial charge in [-0.2, -0.15) is 0 Å². The molecule has 1 saturated heterocycles. The molecule has 0 saturated carbocycles. The van der Waals surface area contributed by atoms with Crippen LogP contribution in [0.3, 0.4) is 0 Å². The highest BCUT2D eigenvalue weighted by atomic mass is 31.1. The molecule has 4 aromatic carbocycles. The van der Waals surface area contributed by atoms with Gasteiger partial charge in [-0.15, -0.1) is 0 Å². The molecule has 1 heterocycles. The lowest BCUT2D eigenvalue weighted by molar-refractivity contribution is -0.129. The van der Waals surface area contributed by atoms with Crippen molar-refractivity contribution >= 4 is 30.5 Å². The van der Waals surface area contributed by atoms with E-state index >= 15 is 0 Å². The average Bonchev–Trinajstić information content (AvgIpc) is 3.30. The van der Waals surface area contributed by atoms with Crippen molar-refractivity contribution in [2.75, 3.05) is 6.61 Å². The molecule has 5 rings (SSSR count). The van der Waals surface area contributed by atoms with E-state index < -0.39 is 14.0 Å². The Morgan fingerprint density at radius 1 is 0.778 bits per heavy atom. The van der Waals surface area contributed by atoms with E-state index in [4.69, 9.17) is 4.74 Å². The van der Waals surface area contributed by atoms with E-state index in [9.17, 15) is 9.59 Å². The number of hydrogen-bond donors (Lipinski definition) is 0. The number of hydrogen-bond acceptors (Lipinski definition) is 3. The molecule has 36 heavy (non-hydrogen) atoms. The SMILES string of the molecule is O=C(C[C@H](c1ccccc1)P(c1ccccc1)c1ccccc1)N1C(=O)OC[C@@H]1Cc1ccccc1. The third-order valence-electron chi connectivity index (χ3n) is 6.48. The van der Waals surface area contributed by atoms with E-state index in [1.165, 1.54) is 15.5 Å². The number of cyclic esters (lactones) is 1. The third-order valence-corrected chi connectivity index (χ3v) is 9.29. The molecule has 0 aromatic heterocycles. The predicted molar refractivity (Wildman–Crippen MR) is 145 cm³/mol. The summed E-state index contributed by atoms with van der Waals surface area (Å²) in [6, 6.07) is 40.6. The van der Waals surface area contributed by atoms with Crippen LogP contribution >= 0.6 is 7.92 Å². The first-order valence-electron chi connectivity index (χ1n) is 12.2. The van der Waals surface area contributed by atoms with E-state index in [1.807, 2.05) is 84.9 Å². The molecule has 0 radical (unpaired) electrons. The van der Waals surface area contributed by atoms with Gasteiger partial charge in [0, 0.05) is 12.1 Å². The second-order valence-corrected chi connectivity index (χ2v) is 11.3. The van der Waals surface area contributed by atoms with Gasteiger partial charge in [0.1, 0.15) is 6.61 Å². The molecule has 2 atom stereocenters. The molecule has 2 amide bonds. The zero-order valence-electron chi connectivity index (χ0n) is 19.9. The summed E-state index contributed by atoms with van der Waals surface area (Å²) in [4.78, 5) is 27.9. The lowest BCUT2D eigenvalue weighted by Crippen LogP contribution is -2.41. The number of amides is 2. The van der Waals surface area contributed by atoms with E-state index in [2.05, 4.69) is 36.4 Å². The molecular formula is C31H28NO3P. The quantitative estimate of drug-likeness (QED) is 0.290. The van der Waals surface area contributed by atoms with Crippen molar-refractivity contribution in [3.8, 4) is 0 Å². The van der Waals surface area contributed by atoms with Gasteiger partial charge >= 0.3 is 6.09 Å². The molecule has 1 aliphatic heterocycles. The zero-order chi connectivity index (χ0) is 24.7. The van der Waals surface area contributed by atoms with E-state index in [0.29, 0.717) is 6.42 Å². The summed E-state index contributed by atoms with van der Waals surface area (Å²) in [6.07, 6.45) is 0.261. The maximum atomic E-state index is 13.8. The Bertz CT molecular complexity index is 1240. The van der Waals surface area contributed by atoms with E-state index in [1.54, 1.807) is 0 Å². The summed E-state index contributed by atoms with van der Waals surface area (Å²) in [5.74, 6) is -0.188. The van der Waals surface area contributed by atoms with Crippen LogP contribution in [0.5, 0.6) is 0 Å². The molecule has 0 aliphatic carbocycles. The lowest BCUT2D eigenvalue weighted by atomic mass is 10.0. The van der Waals surface area contributed by atoms with Crippen LogP contribution in [0.25, 0.3) is 0 Å². The first kappa shape index (κ1) is 24.0. The van der Waals surface area contributed by atoms with Crippen molar-refractivity contribution in [2.24, 2.45) is 0 Å². The van der Waals surface area contributed by atoms with Crippen LogP contribution < -0.4 is 10.6 Å². The number of carbonyl (C=O) groups excluding carboxylic acids is 2. The van der Waals surface area contributed by atoms with Crippen molar-refractivity contribution in [1.82, 2.24) is 4.90 Å². The van der Waals surface area contributed by atoms with Crippen LogP contribution in [0.4, 0.5) is 4.79 Å². The summed E-state index contributed by atoms with van der Waals surface area (Å²) in [5.41, 5.74) is 2.08. The minimum atomic E-state index is -0.914. The number of carbonyl (C=O) groups is 2. The van der Waals surface area contributed by atoms with Gasteiger partial charge in [-0.25, -0.2) is 9.69 Å². The molecule has 5 heteroatoms. The van der Waals surface area contributed by atoms with Crippen molar-refractivity contribution < 1.29 is 14.3 Å². The molecule has 1 fully saturated rings. The van der Waals surface area contributed by atoms with Gasteiger partial charge in [0.15, 0.2) is 0 Å². The maximum absolute atomic E-state index is 13.8. The molecule has 0 spiro atoms. The fraction of sp³-hybridized carbons (Fsp3) is 0.161. The van der Waals surface area contributed by atoms with Crippen molar-refractivity contribution in [1.29, 1.82) is 0 Å². The fourth-order valence-corrected chi connectivity index (χ4v) is 7.60. The van der Waals surface area contributed by atoms with Crippen LogP contribution in [0.2, 0.25) is 0 Å². The van der Waals surface area contributed by atoms with Crippen molar-refractivity contribution in [3.63, 3.8) is 0 Å². The highest BCUT2D eigenvalue weighted by molar-refractivity contribution is 7.73. The Labute approximate surface area is 213 Å².